The molecule has 120 valence electrons. The van der Waals surface area contributed by atoms with Crippen molar-refractivity contribution in [2.24, 2.45) is 0 Å². The monoisotopic (exact) mass is 376 g/mol. The van der Waals surface area contributed by atoms with Crippen molar-refractivity contribution in [2.75, 3.05) is 18.9 Å². The summed E-state index contributed by atoms with van der Waals surface area (Å²) in [5.74, 6) is 0.0587. The maximum atomic E-state index is 12.0. The quantitative estimate of drug-likeness (QED) is 0.812. The third-order valence-electron chi connectivity index (χ3n) is 3.15. The summed E-state index contributed by atoms with van der Waals surface area (Å²) < 4.78 is 6.05. The second-order valence-electron chi connectivity index (χ2n) is 5.05. The molecule has 0 aliphatic heterocycles. The minimum atomic E-state index is -0.274. The zero-order valence-electron chi connectivity index (χ0n) is 12.9. The van der Waals surface area contributed by atoms with Gasteiger partial charge in [0.2, 0.25) is 11.8 Å². The van der Waals surface area contributed by atoms with E-state index in [-0.39, 0.29) is 18.4 Å². The number of benzene rings is 1. The number of amides is 2. The number of likely N-dealkylation sites (N-methyl/N-ethyl adjacent to an activating group) is 1. The van der Waals surface area contributed by atoms with E-state index in [4.69, 9.17) is 4.42 Å². The Bertz CT molecular complexity index is 723. The molecule has 0 bridgehead atoms. The lowest BCUT2D eigenvalue weighted by Gasteiger charge is -2.15. The minimum absolute atomic E-state index is 0.0309. The van der Waals surface area contributed by atoms with E-state index in [1.807, 2.05) is 25.1 Å². The third-order valence-corrected chi connectivity index (χ3v) is 3.65. The lowest BCUT2D eigenvalue weighted by molar-refractivity contribution is -0.129. The Kier molecular flexibility index (Phi) is 5.76. The van der Waals surface area contributed by atoms with Crippen molar-refractivity contribution in [1.82, 2.24) is 4.90 Å². The molecule has 0 saturated carbocycles. The van der Waals surface area contributed by atoms with Crippen LogP contribution in [0.3, 0.4) is 0 Å². The van der Waals surface area contributed by atoms with E-state index in [1.54, 1.807) is 25.3 Å². The van der Waals surface area contributed by atoms with Crippen LogP contribution in [-0.4, -0.2) is 30.3 Å². The average Bonchev–Trinajstić information content (AvgIpc) is 3.01. The number of anilines is 1. The molecule has 0 atom stereocenters. The van der Waals surface area contributed by atoms with E-state index < -0.39 is 0 Å². The van der Waals surface area contributed by atoms with Gasteiger partial charge in [-0.2, -0.15) is 0 Å². The van der Waals surface area contributed by atoms with Crippen LogP contribution in [0.15, 0.2) is 51.6 Å². The van der Waals surface area contributed by atoms with Crippen LogP contribution in [0.4, 0.5) is 5.69 Å². The van der Waals surface area contributed by atoms with Crippen LogP contribution < -0.4 is 5.32 Å². The van der Waals surface area contributed by atoms with Gasteiger partial charge < -0.3 is 14.6 Å². The average molecular weight is 377 g/mol. The third kappa shape index (κ3) is 5.10. The number of hydrogen-bond acceptors (Lipinski definition) is 3. The molecule has 2 rings (SSSR count). The zero-order valence-corrected chi connectivity index (χ0v) is 14.5. The molecular formula is C17H17BrN2O3. The predicted octanol–water partition coefficient (Wildman–Crippen LogP) is 3.46. The number of halogens is 1. The molecule has 1 N–H and O–H groups in total. The first-order valence-electron chi connectivity index (χ1n) is 6.98. The summed E-state index contributed by atoms with van der Waals surface area (Å²) in [6, 6.07) is 9.06. The molecular weight excluding hydrogens is 360 g/mol. The lowest BCUT2D eigenvalue weighted by Crippen LogP contribution is -2.34. The van der Waals surface area contributed by atoms with Gasteiger partial charge in [-0.15, -0.1) is 0 Å². The van der Waals surface area contributed by atoms with Gasteiger partial charge in [-0.3, -0.25) is 9.59 Å². The lowest BCUT2D eigenvalue weighted by atomic mass is 10.2. The first-order valence-corrected chi connectivity index (χ1v) is 7.77. The Balaban J connectivity index is 1.90. The van der Waals surface area contributed by atoms with Crippen LogP contribution in [-0.2, 0) is 9.59 Å². The summed E-state index contributed by atoms with van der Waals surface area (Å²) in [6.45, 7) is 1.87. The molecule has 0 fully saturated rings. The van der Waals surface area contributed by atoms with E-state index in [2.05, 4.69) is 21.2 Å². The van der Waals surface area contributed by atoms with Crippen molar-refractivity contribution in [1.29, 1.82) is 0 Å². The number of nitrogens with zero attached hydrogens (tertiary/aromatic N) is 1. The summed E-state index contributed by atoms with van der Waals surface area (Å²) >= 11 is 3.37. The van der Waals surface area contributed by atoms with Gasteiger partial charge in [-0.25, -0.2) is 0 Å². The molecule has 0 spiro atoms. The van der Waals surface area contributed by atoms with Gasteiger partial charge in [0.25, 0.3) is 0 Å². The molecule has 23 heavy (non-hydrogen) atoms. The summed E-state index contributed by atoms with van der Waals surface area (Å²) in [6.07, 6.45) is 4.47. The molecule has 1 aromatic heterocycles. The molecule has 0 aliphatic carbocycles. The molecule has 0 radical (unpaired) electrons. The highest BCUT2D eigenvalue weighted by Crippen LogP contribution is 2.19. The van der Waals surface area contributed by atoms with E-state index in [9.17, 15) is 9.59 Å². The predicted molar refractivity (Wildman–Crippen MR) is 92.9 cm³/mol. The van der Waals surface area contributed by atoms with Gasteiger partial charge in [0.05, 0.1) is 12.8 Å². The van der Waals surface area contributed by atoms with Crippen molar-refractivity contribution >= 4 is 39.5 Å². The first-order chi connectivity index (χ1) is 11.0. The van der Waals surface area contributed by atoms with E-state index in [1.165, 1.54) is 17.2 Å². The minimum Gasteiger partial charge on any atom is -0.465 e. The van der Waals surface area contributed by atoms with Crippen LogP contribution in [0, 0.1) is 6.92 Å². The highest BCUT2D eigenvalue weighted by molar-refractivity contribution is 9.10. The number of hydrogen-bond donors (Lipinski definition) is 1. The van der Waals surface area contributed by atoms with Gasteiger partial charge in [-0.1, -0.05) is 15.9 Å². The van der Waals surface area contributed by atoms with Gasteiger partial charge in [-0.05, 0) is 48.9 Å². The Morgan fingerprint density at radius 3 is 2.78 bits per heavy atom. The van der Waals surface area contributed by atoms with Gasteiger partial charge in [0.15, 0.2) is 0 Å². The summed E-state index contributed by atoms with van der Waals surface area (Å²) in [5.41, 5.74) is 1.67. The standard InChI is InChI=1S/C17H17BrN2O3/c1-12-10-13(18)5-7-15(12)19-16(21)11-20(2)17(22)8-6-14-4-3-9-23-14/h3-10H,11H2,1-2H3,(H,19,21)/b8-6+. The van der Waals surface area contributed by atoms with Crippen molar-refractivity contribution in [2.45, 2.75) is 6.92 Å². The van der Waals surface area contributed by atoms with E-state index in [0.717, 1.165) is 15.7 Å². The maximum absolute atomic E-state index is 12.0. The largest absolute Gasteiger partial charge is 0.465 e. The van der Waals surface area contributed by atoms with Crippen LogP contribution >= 0.6 is 15.9 Å². The number of furan rings is 1. The Morgan fingerprint density at radius 2 is 2.13 bits per heavy atom. The molecule has 6 heteroatoms. The SMILES string of the molecule is Cc1cc(Br)ccc1NC(=O)CN(C)C(=O)/C=C/c1ccco1. The van der Waals surface area contributed by atoms with Gasteiger partial charge in [0, 0.05) is 23.3 Å². The molecule has 2 aromatic rings. The van der Waals surface area contributed by atoms with Crippen molar-refractivity contribution in [3.05, 3.63) is 58.5 Å². The highest BCUT2D eigenvalue weighted by Gasteiger charge is 2.11. The summed E-state index contributed by atoms with van der Waals surface area (Å²) in [7, 11) is 1.57. The zero-order chi connectivity index (χ0) is 16.8. The van der Waals surface area contributed by atoms with Crippen LogP contribution in [0.1, 0.15) is 11.3 Å². The molecule has 0 saturated heterocycles. The van der Waals surface area contributed by atoms with Gasteiger partial charge >= 0.3 is 0 Å². The van der Waals surface area contributed by atoms with Crippen LogP contribution in [0.2, 0.25) is 0 Å². The van der Waals surface area contributed by atoms with Gasteiger partial charge in [0.1, 0.15) is 5.76 Å². The van der Waals surface area contributed by atoms with Crippen molar-refractivity contribution in [3.8, 4) is 0 Å². The maximum Gasteiger partial charge on any atom is 0.246 e. The molecule has 0 aliphatic rings. The van der Waals surface area contributed by atoms with Crippen LogP contribution in [0.25, 0.3) is 6.08 Å². The molecule has 0 unspecified atom stereocenters. The fraction of sp³-hybridized carbons (Fsp3) is 0.176. The van der Waals surface area contributed by atoms with Crippen LogP contribution in [0.5, 0.6) is 0 Å². The van der Waals surface area contributed by atoms with Crippen molar-refractivity contribution < 1.29 is 14.0 Å². The molecule has 2 amide bonds. The number of rotatable bonds is 5. The summed E-state index contributed by atoms with van der Waals surface area (Å²) in [5, 5.41) is 2.80. The molecule has 1 aromatic carbocycles. The molecule has 1 heterocycles. The number of nitrogens with one attached hydrogen (secondary N) is 1. The Labute approximate surface area is 143 Å². The Morgan fingerprint density at radius 1 is 1.35 bits per heavy atom. The fourth-order valence-corrected chi connectivity index (χ4v) is 2.39. The summed E-state index contributed by atoms with van der Waals surface area (Å²) in [4.78, 5) is 25.3. The second-order valence-corrected chi connectivity index (χ2v) is 5.97. The Hall–Kier alpha value is -2.34. The van der Waals surface area contributed by atoms with E-state index >= 15 is 0 Å². The highest BCUT2D eigenvalue weighted by atomic mass is 79.9. The second kappa shape index (κ2) is 7.78. The first kappa shape index (κ1) is 17.0. The topological polar surface area (TPSA) is 62.6 Å². The number of carbonyl (C=O) groups is 2. The number of aryl methyl sites for hydroxylation is 1. The normalized spacial score (nSPS) is 10.7. The number of carbonyl (C=O) groups excluding carboxylic acids is 2. The fourth-order valence-electron chi connectivity index (χ4n) is 1.92. The smallest absolute Gasteiger partial charge is 0.246 e. The molecule has 5 nitrogen and oxygen atoms in total. The van der Waals surface area contributed by atoms with E-state index in [0.29, 0.717) is 5.76 Å². The van der Waals surface area contributed by atoms with Crippen molar-refractivity contribution in [3.63, 3.8) is 0 Å².